The predicted molar refractivity (Wildman–Crippen MR) is 104 cm³/mol. The highest BCUT2D eigenvalue weighted by atomic mass is 35.5. The van der Waals surface area contributed by atoms with Crippen molar-refractivity contribution in [3.05, 3.63) is 58.6 Å². The van der Waals surface area contributed by atoms with Gasteiger partial charge in [0.1, 0.15) is 13.2 Å². The molecule has 138 valence electrons. The van der Waals surface area contributed by atoms with Crippen molar-refractivity contribution in [3.63, 3.8) is 0 Å². The Hall–Kier alpha value is -2.04. The van der Waals surface area contributed by atoms with Gasteiger partial charge in [0.15, 0.2) is 17.3 Å². The summed E-state index contributed by atoms with van der Waals surface area (Å²) in [5, 5.41) is 4.23. The van der Waals surface area contributed by atoms with Gasteiger partial charge in [-0.1, -0.05) is 29.8 Å². The number of hydrogen-bond donors (Lipinski definition) is 1. The summed E-state index contributed by atoms with van der Waals surface area (Å²) >= 11 is 6.14. The van der Waals surface area contributed by atoms with Crippen molar-refractivity contribution in [2.75, 3.05) is 26.3 Å². The molecule has 0 bridgehead atoms. The molecule has 0 radical (unpaired) electrons. The van der Waals surface area contributed by atoms with Gasteiger partial charge in [0.25, 0.3) is 0 Å². The van der Waals surface area contributed by atoms with Gasteiger partial charge in [-0.2, -0.15) is 0 Å². The number of ether oxygens (including phenoxy) is 2. The molecule has 0 spiro atoms. The standard InChI is InChI=1S/C21H24ClNO3/c22-18-6-2-1-5-16(18)10-12-23-11-4-3-7-19(24)17-8-9-20-21(15-17)26-14-13-25-20/h1-2,5-6,8-9,15,23H,3-4,7,10-14H2. The molecule has 0 unspecified atom stereocenters. The summed E-state index contributed by atoms with van der Waals surface area (Å²) in [6.07, 6.45) is 3.30. The van der Waals surface area contributed by atoms with Crippen LogP contribution in [0.15, 0.2) is 42.5 Å². The zero-order valence-electron chi connectivity index (χ0n) is 14.8. The third-order valence-corrected chi connectivity index (χ3v) is 4.77. The van der Waals surface area contributed by atoms with E-state index in [4.69, 9.17) is 21.1 Å². The highest BCUT2D eigenvalue weighted by molar-refractivity contribution is 6.31. The number of unbranched alkanes of at least 4 members (excludes halogenated alkanes) is 1. The van der Waals surface area contributed by atoms with E-state index in [1.165, 1.54) is 0 Å². The Bertz CT molecular complexity index is 748. The van der Waals surface area contributed by atoms with E-state index in [0.717, 1.165) is 48.7 Å². The molecule has 2 aromatic rings. The maximum atomic E-state index is 12.3. The SMILES string of the molecule is O=C(CCCCNCCc1ccccc1Cl)c1ccc2c(c1)OCCO2. The largest absolute Gasteiger partial charge is 0.486 e. The topological polar surface area (TPSA) is 47.6 Å². The molecule has 0 aromatic heterocycles. The van der Waals surface area contributed by atoms with E-state index in [9.17, 15) is 4.79 Å². The molecule has 0 aliphatic carbocycles. The van der Waals surface area contributed by atoms with Crippen molar-refractivity contribution < 1.29 is 14.3 Å². The number of Topliss-reactive ketones (excluding diaryl/α,β-unsaturated/α-hetero) is 1. The van der Waals surface area contributed by atoms with Crippen LogP contribution in [-0.2, 0) is 6.42 Å². The average Bonchev–Trinajstić information content (AvgIpc) is 2.68. The zero-order valence-corrected chi connectivity index (χ0v) is 15.6. The van der Waals surface area contributed by atoms with E-state index >= 15 is 0 Å². The third-order valence-electron chi connectivity index (χ3n) is 4.40. The molecule has 5 heteroatoms. The van der Waals surface area contributed by atoms with Gasteiger partial charge in [-0.3, -0.25) is 4.79 Å². The second kappa shape index (κ2) is 9.60. The van der Waals surface area contributed by atoms with Crippen LogP contribution >= 0.6 is 11.6 Å². The van der Waals surface area contributed by atoms with Crippen molar-refractivity contribution in [1.82, 2.24) is 5.32 Å². The highest BCUT2D eigenvalue weighted by Crippen LogP contribution is 2.31. The number of ketones is 1. The Labute approximate surface area is 159 Å². The van der Waals surface area contributed by atoms with Gasteiger partial charge in [-0.15, -0.1) is 0 Å². The number of halogens is 1. The summed E-state index contributed by atoms with van der Waals surface area (Å²) in [5.74, 6) is 1.54. The Kier molecular flexibility index (Phi) is 6.92. The van der Waals surface area contributed by atoms with Gasteiger partial charge >= 0.3 is 0 Å². The quantitative estimate of drug-likeness (QED) is 0.526. The number of hydrogen-bond acceptors (Lipinski definition) is 4. The van der Waals surface area contributed by atoms with E-state index < -0.39 is 0 Å². The van der Waals surface area contributed by atoms with Crippen LogP contribution in [0.3, 0.4) is 0 Å². The lowest BCUT2D eigenvalue weighted by molar-refractivity contribution is 0.0978. The Balaban J connectivity index is 1.32. The van der Waals surface area contributed by atoms with Crippen LogP contribution in [0.5, 0.6) is 11.5 Å². The molecule has 1 heterocycles. The number of nitrogens with one attached hydrogen (secondary N) is 1. The molecule has 2 aromatic carbocycles. The monoisotopic (exact) mass is 373 g/mol. The molecule has 0 fully saturated rings. The van der Waals surface area contributed by atoms with Crippen LogP contribution in [0.1, 0.15) is 35.2 Å². The van der Waals surface area contributed by atoms with Crippen molar-refractivity contribution in [3.8, 4) is 11.5 Å². The first kappa shape index (κ1) is 18.7. The minimum atomic E-state index is 0.151. The maximum absolute atomic E-state index is 12.3. The molecule has 1 aliphatic heterocycles. The molecule has 1 N–H and O–H groups in total. The van der Waals surface area contributed by atoms with Crippen LogP contribution in [0.4, 0.5) is 0 Å². The molecule has 26 heavy (non-hydrogen) atoms. The number of rotatable bonds is 9. The van der Waals surface area contributed by atoms with Gasteiger partial charge in [0.05, 0.1) is 0 Å². The summed E-state index contributed by atoms with van der Waals surface area (Å²) < 4.78 is 11.0. The summed E-state index contributed by atoms with van der Waals surface area (Å²) in [4.78, 5) is 12.3. The molecule has 0 atom stereocenters. The molecule has 4 nitrogen and oxygen atoms in total. The summed E-state index contributed by atoms with van der Waals surface area (Å²) in [5.41, 5.74) is 1.86. The second-order valence-corrected chi connectivity index (χ2v) is 6.74. The van der Waals surface area contributed by atoms with Gasteiger partial charge in [0, 0.05) is 17.0 Å². The van der Waals surface area contributed by atoms with Crippen molar-refractivity contribution in [1.29, 1.82) is 0 Å². The smallest absolute Gasteiger partial charge is 0.163 e. The minimum absolute atomic E-state index is 0.151. The van der Waals surface area contributed by atoms with Crippen LogP contribution < -0.4 is 14.8 Å². The second-order valence-electron chi connectivity index (χ2n) is 6.33. The Morgan fingerprint density at radius 1 is 1.00 bits per heavy atom. The van der Waals surface area contributed by atoms with Crippen LogP contribution in [0.2, 0.25) is 5.02 Å². The fourth-order valence-electron chi connectivity index (χ4n) is 2.95. The predicted octanol–water partition coefficient (Wildman–Crippen LogP) is 4.30. The zero-order chi connectivity index (χ0) is 18.2. The van der Waals surface area contributed by atoms with Crippen molar-refractivity contribution in [2.45, 2.75) is 25.7 Å². The lowest BCUT2D eigenvalue weighted by Crippen LogP contribution is -2.19. The number of carbonyl (C=O) groups excluding carboxylic acids is 1. The van der Waals surface area contributed by atoms with Gasteiger partial charge < -0.3 is 14.8 Å². The summed E-state index contributed by atoms with van der Waals surface area (Å²) in [6.45, 7) is 2.88. The first-order chi connectivity index (χ1) is 12.7. The number of carbonyl (C=O) groups is 1. The number of benzene rings is 2. The summed E-state index contributed by atoms with van der Waals surface area (Å²) in [6, 6.07) is 13.3. The van der Waals surface area contributed by atoms with Crippen molar-refractivity contribution in [2.24, 2.45) is 0 Å². The van der Waals surface area contributed by atoms with E-state index in [-0.39, 0.29) is 5.78 Å². The molecule has 0 saturated carbocycles. The van der Waals surface area contributed by atoms with Crippen LogP contribution in [0.25, 0.3) is 0 Å². The molecule has 3 rings (SSSR count). The van der Waals surface area contributed by atoms with E-state index in [1.54, 1.807) is 6.07 Å². The molecular weight excluding hydrogens is 350 g/mol. The van der Waals surface area contributed by atoms with E-state index in [2.05, 4.69) is 11.4 Å². The number of fused-ring (bicyclic) bond motifs is 1. The lowest BCUT2D eigenvalue weighted by Gasteiger charge is -2.18. The first-order valence-electron chi connectivity index (χ1n) is 9.11. The minimum Gasteiger partial charge on any atom is -0.486 e. The van der Waals surface area contributed by atoms with E-state index in [0.29, 0.717) is 30.9 Å². The Morgan fingerprint density at radius 2 is 1.81 bits per heavy atom. The summed E-state index contributed by atoms with van der Waals surface area (Å²) in [7, 11) is 0. The Morgan fingerprint density at radius 3 is 2.65 bits per heavy atom. The highest BCUT2D eigenvalue weighted by Gasteiger charge is 2.14. The van der Waals surface area contributed by atoms with Gasteiger partial charge in [-0.25, -0.2) is 0 Å². The van der Waals surface area contributed by atoms with Gasteiger partial charge in [0.2, 0.25) is 0 Å². The van der Waals surface area contributed by atoms with Gasteiger partial charge in [-0.05, 0) is 62.2 Å². The molecular formula is C21H24ClNO3. The molecule has 0 saturated heterocycles. The fourth-order valence-corrected chi connectivity index (χ4v) is 3.18. The van der Waals surface area contributed by atoms with Crippen LogP contribution in [0, 0.1) is 0 Å². The third kappa shape index (κ3) is 5.23. The van der Waals surface area contributed by atoms with Crippen molar-refractivity contribution >= 4 is 17.4 Å². The fraction of sp³-hybridized carbons (Fsp3) is 0.381. The maximum Gasteiger partial charge on any atom is 0.163 e. The lowest BCUT2D eigenvalue weighted by atomic mass is 10.0. The average molecular weight is 374 g/mol. The van der Waals surface area contributed by atoms with Crippen LogP contribution in [-0.4, -0.2) is 32.1 Å². The molecule has 0 amide bonds. The first-order valence-corrected chi connectivity index (χ1v) is 9.49. The van der Waals surface area contributed by atoms with E-state index in [1.807, 2.05) is 30.3 Å². The molecule has 1 aliphatic rings. The normalized spacial score (nSPS) is 12.8.